The molecule has 5 nitrogen and oxygen atoms in total. The van der Waals surface area contributed by atoms with Crippen LogP contribution in [0.1, 0.15) is 16.8 Å². The summed E-state index contributed by atoms with van der Waals surface area (Å²) in [7, 11) is 0. The van der Waals surface area contributed by atoms with Crippen LogP contribution in [0.5, 0.6) is 0 Å². The lowest BCUT2D eigenvalue weighted by Crippen LogP contribution is -2.29. The van der Waals surface area contributed by atoms with Gasteiger partial charge in [0.05, 0.1) is 17.6 Å². The molecular formula is C22H21N5S. The number of rotatable bonds is 5. The summed E-state index contributed by atoms with van der Waals surface area (Å²) in [5.74, 6) is 1.01. The fourth-order valence-corrected chi connectivity index (χ4v) is 4.13. The molecule has 0 unspecified atom stereocenters. The zero-order chi connectivity index (χ0) is 18.9. The average Bonchev–Trinajstić information content (AvgIpc) is 3.09. The van der Waals surface area contributed by atoms with Gasteiger partial charge in [-0.3, -0.25) is 0 Å². The van der Waals surface area contributed by atoms with E-state index in [4.69, 9.17) is 15.1 Å². The van der Waals surface area contributed by atoms with Crippen molar-refractivity contribution in [1.82, 2.24) is 19.7 Å². The van der Waals surface area contributed by atoms with Crippen LogP contribution in [-0.4, -0.2) is 32.5 Å². The number of hydrogen-bond acceptors (Lipinski definition) is 5. The van der Waals surface area contributed by atoms with E-state index in [0.717, 1.165) is 53.8 Å². The molecule has 2 aromatic carbocycles. The molecule has 2 aromatic heterocycles. The minimum absolute atomic E-state index is 0.723. The second-order valence-electron chi connectivity index (χ2n) is 6.98. The molecule has 140 valence electrons. The van der Waals surface area contributed by atoms with E-state index in [9.17, 15) is 0 Å². The van der Waals surface area contributed by atoms with Gasteiger partial charge in [0.15, 0.2) is 10.8 Å². The summed E-state index contributed by atoms with van der Waals surface area (Å²) in [5, 5.41) is 6.81. The molecule has 0 fully saturated rings. The topological polar surface area (TPSA) is 46.8 Å². The third-order valence-corrected chi connectivity index (χ3v) is 5.66. The van der Waals surface area contributed by atoms with E-state index < -0.39 is 0 Å². The number of benzene rings is 2. The summed E-state index contributed by atoms with van der Waals surface area (Å²) in [5.41, 5.74) is 4.56. The Kier molecular flexibility index (Phi) is 4.49. The van der Waals surface area contributed by atoms with Crippen molar-refractivity contribution in [1.29, 1.82) is 0 Å². The SMILES string of the molecule is CSc1nc2c3c(nn(Cc4ccccc4)c3n1)CCN2Cc1ccccc1. The maximum atomic E-state index is 4.91. The van der Waals surface area contributed by atoms with Gasteiger partial charge in [0, 0.05) is 19.5 Å². The quantitative estimate of drug-likeness (QED) is 0.380. The van der Waals surface area contributed by atoms with Crippen LogP contribution in [0.4, 0.5) is 5.82 Å². The van der Waals surface area contributed by atoms with Gasteiger partial charge in [-0.1, -0.05) is 72.4 Å². The van der Waals surface area contributed by atoms with Crippen LogP contribution in [-0.2, 0) is 19.5 Å². The first-order chi connectivity index (χ1) is 13.8. The molecule has 1 aliphatic heterocycles. The molecule has 0 saturated carbocycles. The van der Waals surface area contributed by atoms with Crippen molar-refractivity contribution in [2.24, 2.45) is 0 Å². The lowest BCUT2D eigenvalue weighted by Gasteiger charge is -2.27. The Morgan fingerprint density at radius 1 is 0.893 bits per heavy atom. The summed E-state index contributed by atoms with van der Waals surface area (Å²) >= 11 is 1.58. The Balaban J connectivity index is 1.60. The number of hydrogen-bond donors (Lipinski definition) is 0. The van der Waals surface area contributed by atoms with E-state index in [1.807, 2.05) is 17.0 Å². The van der Waals surface area contributed by atoms with Gasteiger partial charge in [-0.25, -0.2) is 14.6 Å². The smallest absolute Gasteiger partial charge is 0.191 e. The molecule has 1 aliphatic rings. The zero-order valence-electron chi connectivity index (χ0n) is 15.7. The Morgan fingerprint density at radius 3 is 2.25 bits per heavy atom. The first kappa shape index (κ1) is 17.3. The van der Waals surface area contributed by atoms with Crippen LogP contribution in [0, 0.1) is 0 Å². The van der Waals surface area contributed by atoms with Crippen molar-refractivity contribution in [3.63, 3.8) is 0 Å². The maximum Gasteiger partial charge on any atom is 0.191 e. The molecule has 0 aliphatic carbocycles. The van der Waals surface area contributed by atoms with Crippen LogP contribution < -0.4 is 4.90 Å². The van der Waals surface area contributed by atoms with E-state index in [1.165, 1.54) is 11.1 Å². The van der Waals surface area contributed by atoms with E-state index in [2.05, 4.69) is 59.5 Å². The Labute approximate surface area is 168 Å². The molecule has 0 radical (unpaired) electrons. The van der Waals surface area contributed by atoms with Crippen molar-refractivity contribution in [3.8, 4) is 0 Å². The highest BCUT2D eigenvalue weighted by molar-refractivity contribution is 7.98. The Morgan fingerprint density at radius 2 is 1.57 bits per heavy atom. The molecule has 0 spiro atoms. The van der Waals surface area contributed by atoms with E-state index in [1.54, 1.807) is 11.8 Å². The normalized spacial score (nSPS) is 13.2. The summed E-state index contributed by atoms with van der Waals surface area (Å²) in [6.07, 6.45) is 2.94. The van der Waals surface area contributed by atoms with Crippen LogP contribution in [0.3, 0.4) is 0 Å². The van der Waals surface area contributed by atoms with Crippen LogP contribution in [0.2, 0.25) is 0 Å². The first-order valence-corrected chi connectivity index (χ1v) is 10.7. The minimum atomic E-state index is 0.723. The lowest BCUT2D eigenvalue weighted by atomic mass is 10.1. The molecule has 28 heavy (non-hydrogen) atoms. The fourth-order valence-electron chi connectivity index (χ4n) is 3.77. The van der Waals surface area contributed by atoms with E-state index >= 15 is 0 Å². The molecule has 0 N–H and O–H groups in total. The van der Waals surface area contributed by atoms with Crippen molar-refractivity contribution in [3.05, 3.63) is 77.5 Å². The highest BCUT2D eigenvalue weighted by Gasteiger charge is 2.26. The van der Waals surface area contributed by atoms with Crippen LogP contribution >= 0.6 is 11.8 Å². The zero-order valence-corrected chi connectivity index (χ0v) is 16.6. The molecule has 0 atom stereocenters. The molecule has 3 heterocycles. The van der Waals surface area contributed by atoms with Gasteiger partial charge >= 0.3 is 0 Å². The predicted octanol–water partition coefficient (Wildman–Crippen LogP) is 4.16. The highest BCUT2D eigenvalue weighted by Crippen LogP contribution is 2.34. The maximum absolute atomic E-state index is 4.91. The third-order valence-electron chi connectivity index (χ3n) is 5.12. The predicted molar refractivity (Wildman–Crippen MR) is 114 cm³/mol. The van der Waals surface area contributed by atoms with Gasteiger partial charge in [0.25, 0.3) is 0 Å². The number of thioether (sulfide) groups is 1. The summed E-state index contributed by atoms with van der Waals surface area (Å²) in [6, 6.07) is 21.0. The van der Waals surface area contributed by atoms with Gasteiger partial charge < -0.3 is 4.90 Å². The van der Waals surface area contributed by atoms with E-state index in [-0.39, 0.29) is 0 Å². The average molecular weight is 388 g/mol. The molecule has 0 amide bonds. The molecule has 6 heteroatoms. The van der Waals surface area contributed by atoms with Gasteiger partial charge in [-0.15, -0.1) is 0 Å². The third kappa shape index (κ3) is 3.14. The molecule has 4 aromatic rings. The summed E-state index contributed by atoms with van der Waals surface area (Å²) < 4.78 is 2.04. The largest absolute Gasteiger partial charge is 0.351 e. The van der Waals surface area contributed by atoms with E-state index in [0.29, 0.717) is 0 Å². The summed E-state index contributed by atoms with van der Waals surface area (Å²) in [6.45, 7) is 2.49. The monoisotopic (exact) mass is 387 g/mol. The molecular weight excluding hydrogens is 366 g/mol. The van der Waals surface area contributed by atoms with Crippen LogP contribution in [0.25, 0.3) is 11.0 Å². The van der Waals surface area contributed by atoms with Crippen molar-refractivity contribution >= 4 is 28.6 Å². The number of nitrogens with zero attached hydrogens (tertiary/aromatic N) is 5. The minimum Gasteiger partial charge on any atom is -0.351 e. The van der Waals surface area contributed by atoms with Crippen molar-refractivity contribution in [2.45, 2.75) is 24.7 Å². The molecule has 5 rings (SSSR count). The summed E-state index contributed by atoms with van der Waals surface area (Å²) in [4.78, 5) is 12.1. The van der Waals surface area contributed by atoms with Gasteiger partial charge in [-0.2, -0.15) is 5.10 Å². The number of anilines is 1. The first-order valence-electron chi connectivity index (χ1n) is 9.46. The highest BCUT2D eigenvalue weighted by atomic mass is 32.2. The number of aromatic nitrogens is 4. The van der Waals surface area contributed by atoms with Crippen molar-refractivity contribution in [2.75, 3.05) is 17.7 Å². The molecule has 0 bridgehead atoms. The lowest BCUT2D eigenvalue weighted by molar-refractivity contribution is 0.677. The van der Waals surface area contributed by atoms with Crippen LogP contribution in [0.15, 0.2) is 65.8 Å². The Hall–Kier alpha value is -2.86. The molecule has 0 saturated heterocycles. The second kappa shape index (κ2) is 7.28. The van der Waals surface area contributed by atoms with Gasteiger partial charge in [0.2, 0.25) is 0 Å². The van der Waals surface area contributed by atoms with Crippen molar-refractivity contribution < 1.29 is 0 Å². The van der Waals surface area contributed by atoms with Gasteiger partial charge in [0.1, 0.15) is 5.82 Å². The Bertz CT molecular complexity index is 1110. The van der Waals surface area contributed by atoms with Gasteiger partial charge in [-0.05, 0) is 17.4 Å². The fraction of sp³-hybridized carbons (Fsp3) is 0.227. The standard InChI is InChI=1S/C22H21N5S/c1-28-22-23-20-19-18(12-13-26(20)14-16-8-4-2-5-9-16)25-27(21(19)24-22)15-17-10-6-3-7-11-17/h2-11H,12-15H2,1H3. The second-order valence-corrected chi connectivity index (χ2v) is 7.75.